The Kier molecular flexibility index (Phi) is 6.57. The number of ether oxygens (including phenoxy) is 1. The molecule has 1 aliphatic rings. The number of rotatable bonds is 5. The molecule has 162 valence electrons. The van der Waals surface area contributed by atoms with Crippen molar-refractivity contribution in [3.63, 3.8) is 0 Å². The Labute approximate surface area is 182 Å². The van der Waals surface area contributed by atoms with E-state index in [0.717, 1.165) is 19.0 Å². The third kappa shape index (κ3) is 5.08. The molecule has 1 saturated heterocycles. The number of aryl methyl sites for hydroxylation is 2. The molecule has 3 aromatic rings. The summed E-state index contributed by atoms with van der Waals surface area (Å²) in [5.74, 6) is 1.93. The molecule has 1 N–H and O–H groups in total. The molecule has 8 nitrogen and oxygen atoms in total. The minimum absolute atomic E-state index is 0.0334. The van der Waals surface area contributed by atoms with Crippen LogP contribution in [0.25, 0.3) is 11.6 Å². The Morgan fingerprint density at radius 2 is 2.16 bits per heavy atom. The van der Waals surface area contributed by atoms with Gasteiger partial charge in [0.2, 0.25) is 0 Å². The summed E-state index contributed by atoms with van der Waals surface area (Å²) in [5, 5.41) is 7.47. The van der Waals surface area contributed by atoms with Gasteiger partial charge in [-0.15, -0.1) is 0 Å². The van der Waals surface area contributed by atoms with Crippen molar-refractivity contribution in [2.24, 2.45) is 4.99 Å². The second-order valence-electron chi connectivity index (χ2n) is 7.62. The highest BCUT2D eigenvalue weighted by Gasteiger charge is 2.25. The summed E-state index contributed by atoms with van der Waals surface area (Å²) >= 11 is 0. The minimum Gasteiger partial charge on any atom is -0.370 e. The van der Waals surface area contributed by atoms with Gasteiger partial charge in [0.05, 0.1) is 13.2 Å². The molecule has 0 amide bonds. The summed E-state index contributed by atoms with van der Waals surface area (Å²) in [4.78, 5) is 15.4. The maximum Gasteiger partial charge on any atom is 0.276 e. The van der Waals surface area contributed by atoms with Gasteiger partial charge in [-0.25, -0.2) is 0 Å². The van der Waals surface area contributed by atoms with Crippen molar-refractivity contribution in [1.29, 1.82) is 0 Å². The predicted octanol–water partition coefficient (Wildman–Crippen LogP) is 2.94. The number of hydrogen-bond donors (Lipinski definition) is 1. The van der Waals surface area contributed by atoms with Gasteiger partial charge in [0.15, 0.2) is 11.8 Å². The zero-order valence-corrected chi connectivity index (χ0v) is 18.2. The van der Waals surface area contributed by atoms with Crippen LogP contribution in [0.2, 0.25) is 0 Å². The Balaban J connectivity index is 1.33. The molecular formula is C23H28N6O2. The van der Waals surface area contributed by atoms with E-state index in [4.69, 9.17) is 9.26 Å². The predicted molar refractivity (Wildman–Crippen MR) is 119 cm³/mol. The first-order chi connectivity index (χ1) is 15.1. The molecule has 1 atom stereocenters. The molecule has 0 saturated carbocycles. The lowest BCUT2D eigenvalue weighted by atomic mass is 10.00. The molecule has 2 aromatic heterocycles. The largest absolute Gasteiger partial charge is 0.370 e. The number of guanidine groups is 1. The van der Waals surface area contributed by atoms with Gasteiger partial charge in [-0.1, -0.05) is 35.0 Å². The molecule has 0 radical (unpaired) electrons. The van der Waals surface area contributed by atoms with Crippen LogP contribution >= 0.6 is 0 Å². The van der Waals surface area contributed by atoms with Crippen LogP contribution in [-0.4, -0.2) is 59.3 Å². The van der Waals surface area contributed by atoms with Gasteiger partial charge in [-0.2, -0.15) is 4.98 Å². The van der Waals surface area contributed by atoms with Crippen molar-refractivity contribution in [3.8, 4) is 11.6 Å². The van der Waals surface area contributed by atoms with E-state index in [0.29, 0.717) is 37.0 Å². The molecule has 1 aromatic carbocycles. The third-order valence-corrected chi connectivity index (χ3v) is 5.33. The normalized spacial score (nSPS) is 17.1. The van der Waals surface area contributed by atoms with Crippen molar-refractivity contribution < 1.29 is 9.26 Å². The van der Waals surface area contributed by atoms with Crippen LogP contribution in [0.5, 0.6) is 0 Å². The number of hydrogen-bond acceptors (Lipinski definition) is 6. The fourth-order valence-electron chi connectivity index (χ4n) is 3.78. The van der Waals surface area contributed by atoms with Crippen molar-refractivity contribution in [2.75, 3.05) is 33.3 Å². The van der Waals surface area contributed by atoms with Gasteiger partial charge in [-0.05, 0) is 37.1 Å². The lowest BCUT2D eigenvalue weighted by Crippen LogP contribution is -2.48. The van der Waals surface area contributed by atoms with Crippen LogP contribution < -0.4 is 5.32 Å². The van der Waals surface area contributed by atoms with E-state index in [2.05, 4.69) is 62.4 Å². The van der Waals surface area contributed by atoms with Crippen molar-refractivity contribution in [2.45, 2.75) is 26.4 Å². The fraction of sp³-hybridized carbons (Fsp3) is 0.391. The van der Waals surface area contributed by atoms with Gasteiger partial charge >= 0.3 is 0 Å². The Morgan fingerprint density at radius 3 is 2.94 bits per heavy atom. The van der Waals surface area contributed by atoms with Crippen LogP contribution in [0.4, 0.5) is 0 Å². The topological polar surface area (TPSA) is 88.7 Å². The first-order valence-electron chi connectivity index (χ1n) is 10.5. The van der Waals surface area contributed by atoms with Crippen LogP contribution in [-0.2, 0) is 11.2 Å². The molecule has 0 bridgehead atoms. The Bertz CT molecular complexity index is 1030. The van der Waals surface area contributed by atoms with E-state index in [1.54, 1.807) is 13.2 Å². The second kappa shape index (κ2) is 9.70. The average molecular weight is 421 g/mol. The number of morpholine rings is 1. The fourth-order valence-corrected chi connectivity index (χ4v) is 3.78. The monoisotopic (exact) mass is 420 g/mol. The molecule has 31 heavy (non-hydrogen) atoms. The van der Waals surface area contributed by atoms with Crippen molar-refractivity contribution in [1.82, 2.24) is 25.3 Å². The molecule has 8 heteroatoms. The molecule has 1 aliphatic heterocycles. The van der Waals surface area contributed by atoms with Gasteiger partial charge in [-0.3, -0.25) is 9.98 Å². The highest BCUT2D eigenvalue weighted by molar-refractivity contribution is 5.80. The number of benzene rings is 1. The molecule has 3 heterocycles. The van der Waals surface area contributed by atoms with Gasteiger partial charge in [0.1, 0.15) is 11.8 Å². The van der Waals surface area contributed by atoms with Crippen molar-refractivity contribution >= 4 is 5.96 Å². The quantitative estimate of drug-likeness (QED) is 0.501. The zero-order valence-electron chi connectivity index (χ0n) is 18.2. The summed E-state index contributed by atoms with van der Waals surface area (Å²) in [6, 6.07) is 12.1. The summed E-state index contributed by atoms with van der Waals surface area (Å²) in [6.07, 6.45) is 2.37. The number of aromatic nitrogens is 3. The summed E-state index contributed by atoms with van der Waals surface area (Å²) < 4.78 is 11.4. The van der Waals surface area contributed by atoms with E-state index < -0.39 is 0 Å². The standard InChI is InChI=1S/C23H28N6O2/c1-16-7-8-18(17(2)14-16)20-15-29(12-13-30-20)23(24-3)26-11-9-21-27-22(31-28-21)19-6-4-5-10-25-19/h4-8,10,14,20H,9,11-13,15H2,1-3H3,(H,24,26). The number of aliphatic imine (C=N–C) groups is 1. The van der Waals surface area contributed by atoms with E-state index >= 15 is 0 Å². The van der Waals surface area contributed by atoms with Crippen LogP contribution in [0.3, 0.4) is 0 Å². The SMILES string of the molecule is CN=C(NCCc1noc(-c2ccccn2)n1)N1CCOC(c2ccc(C)cc2C)C1. The molecule has 0 aliphatic carbocycles. The first-order valence-corrected chi connectivity index (χ1v) is 10.5. The van der Waals surface area contributed by atoms with Gasteiger partial charge in [0, 0.05) is 32.8 Å². The average Bonchev–Trinajstić information content (AvgIpc) is 3.26. The number of nitrogens with zero attached hydrogens (tertiary/aromatic N) is 5. The highest BCUT2D eigenvalue weighted by Crippen LogP contribution is 2.26. The second-order valence-corrected chi connectivity index (χ2v) is 7.62. The minimum atomic E-state index is 0.0334. The van der Waals surface area contributed by atoms with Crippen LogP contribution in [0.1, 0.15) is 28.6 Å². The number of nitrogens with one attached hydrogen (secondary N) is 1. The molecule has 4 rings (SSSR count). The van der Waals surface area contributed by atoms with Crippen LogP contribution in [0.15, 0.2) is 52.1 Å². The smallest absolute Gasteiger partial charge is 0.276 e. The Morgan fingerprint density at radius 1 is 1.26 bits per heavy atom. The molecular weight excluding hydrogens is 392 g/mol. The van der Waals surface area contributed by atoms with E-state index in [9.17, 15) is 0 Å². The summed E-state index contributed by atoms with van der Waals surface area (Å²) in [6.45, 7) is 7.13. The maximum atomic E-state index is 6.07. The van der Waals surface area contributed by atoms with Crippen molar-refractivity contribution in [3.05, 3.63) is 65.1 Å². The Hall–Kier alpha value is -3.26. The molecule has 1 fully saturated rings. The van der Waals surface area contributed by atoms with E-state index in [-0.39, 0.29) is 6.10 Å². The van der Waals surface area contributed by atoms with E-state index in [1.807, 2.05) is 18.2 Å². The van der Waals surface area contributed by atoms with E-state index in [1.165, 1.54) is 16.7 Å². The lowest BCUT2D eigenvalue weighted by Gasteiger charge is -2.35. The zero-order chi connectivity index (χ0) is 21.6. The summed E-state index contributed by atoms with van der Waals surface area (Å²) in [5.41, 5.74) is 4.44. The molecule has 0 spiro atoms. The lowest BCUT2D eigenvalue weighted by molar-refractivity contribution is -0.00830. The number of pyridine rings is 1. The highest BCUT2D eigenvalue weighted by atomic mass is 16.5. The van der Waals surface area contributed by atoms with Gasteiger partial charge in [0.25, 0.3) is 5.89 Å². The first kappa shape index (κ1) is 21.0. The molecule has 1 unspecified atom stereocenters. The van der Waals surface area contributed by atoms with Crippen LogP contribution in [0, 0.1) is 13.8 Å². The maximum absolute atomic E-state index is 6.07. The third-order valence-electron chi connectivity index (χ3n) is 5.33. The summed E-state index contributed by atoms with van der Waals surface area (Å²) in [7, 11) is 1.80. The van der Waals surface area contributed by atoms with Gasteiger partial charge < -0.3 is 19.5 Å².